The van der Waals surface area contributed by atoms with E-state index in [4.69, 9.17) is 18.1 Å². The number of nitrogens with one attached hydrogen (secondary N) is 2. The van der Waals surface area contributed by atoms with Gasteiger partial charge >= 0.3 is 15.2 Å². The summed E-state index contributed by atoms with van der Waals surface area (Å²) in [5, 5.41) is 6.59. The van der Waals surface area contributed by atoms with E-state index in [1.54, 1.807) is 0 Å². The van der Waals surface area contributed by atoms with Crippen molar-refractivity contribution in [3.05, 3.63) is 35.4 Å². The van der Waals surface area contributed by atoms with Gasteiger partial charge in [0.2, 0.25) is 0 Å². The van der Waals surface area contributed by atoms with Crippen LogP contribution >= 0.6 is 15.2 Å². The van der Waals surface area contributed by atoms with Crippen LogP contribution in [0.1, 0.15) is 38.8 Å². The topological polar surface area (TPSA) is 95.1 Å². The van der Waals surface area contributed by atoms with Crippen LogP contribution in [-0.2, 0) is 40.3 Å². The Morgan fingerprint density at radius 1 is 0.700 bits per heavy atom. The summed E-state index contributed by atoms with van der Waals surface area (Å²) in [6.45, 7) is 11.1. The van der Waals surface area contributed by atoms with Crippen molar-refractivity contribution in [1.29, 1.82) is 0 Å². The standard InChI is InChI=1S/C20H38N2O6P2/c1-5-25-29(23,26-6-2)14-12-21-17-19-10-9-11-20(16-19)18-22-13-15-30(24,27-7-3)28-8-4/h9-11,16,21-22H,5-8,12-15,17-18H2,1-4H3. The fraction of sp³-hybridized carbons (Fsp3) is 0.700. The summed E-state index contributed by atoms with van der Waals surface area (Å²) >= 11 is 0. The van der Waals surface area contributed by atoms with Gasteiger partial charge in [0.15, 0.2) is 0 Å². The maximum atomic E-state index is 12.4. The Bertz CT molecular complexity index is 616. The van der Waals surface area contributed by atoms with E-state index in [-0.39, 0.29) is 0 Å². The zero-order valence-electron chi connectivity index (χ0n) is 18.7. The molecule has 0 aromatic heterocycles. The molecule has 10 heteroatoms. The molecule has 2 N–H and O–H groups in total. The summed E-state index contributed by atoms with van der Waals surface area (Å²) in [6, 6.07) is 8.19. The second-order valence-corrected chi connectivity index (χ2v) is 10.9. The molecule has 0 heterocycles. The zero-order chi connectivity index (χ0) is 22.3. The molecule has 1 rings (SSSR count). The average molecular weight is 464 g/mol. The largest absolute Gasteiger partial charge is 0.331 e. The lowest BCUT2D eigenvalue weighted by Gasteiger charge is -2.17. The Kier molecular flexibility index (Phi) is 14.0. The highest BCUT2D eigenvalue weighted by molar-refractivity contribution is 7.54. The highest BCUT2D eigenvalue weighted by Crippen LogP contribution is 2.47. The zero-order valence-corrected chi connectivity index (χ0v) is 20.5. The Morgan fingerprint density at radius 3 is 1.40 bits per heavy atom. The van der Waals surface area contributed by atoms with Crippen molar-refractivity contribution in [1.82, 2.24) is 10.6 Å². The fourth-order valence-corrected chi connectivity index (χ4v) is 5.97. The van der Waals surface area contributed by atoms with Crippen LogP contribution in [0.2, 0.25) is 0 Å². The maximum absolute atomic E-state index is 12.4. The first-order valence-electron chi connectivity index (χ1n) is 10.7. The molecule has 0 aliphatic rings. The molecular formula is C20H38N2O6P2. The van der Waals surface area contributed by atoms with Crippen LogP contribution < -0.4 is 10.6 Å². The van der Waals surface area contributed by atoms with E-state index in [1.807, 2.05) is 45.9 Å². The van der Waals surface area contributed by atoms with Gasteiger partial charge in [0, 0.05) is 26.2 Å². The molecule has 174 valence electrons. The van der Waals surface area contributed by atoms with Crippen molar-refractivity contribution in [2.75, 3.05) is 51.8 Å². The minimum absolute atomic E-state index is 0.343. The van der Waals surface area contributed by atoms with E-state index in [1.165, 1.54) is 0 Å². The molecule has 0 amide bonds. The molecule has 8 nitrogen and oxygen atoms in total. The molecule has 0 unspecified atom stereocenters. The normalized spacial score (nSPS) is 12.4. The predicted molar refractivity (Wildman–Crippen MR) is 121 cm³/mol. The van der Waals surface area contributed by atoms with Gasteiger partial charge in [0.1, 0.15) is 0 Å². The van der Waals surface area contributed by atoms with Gasteiger partial charge in [-0.1, -0.05) is 24.3 Å². The molecule has 0 saturated carbocycles. The molecule has 0 aliphatic carbocycles. The lowest BCUT2D eigenvalue weighted by Crippen LogP contribution is -2.20. The van der Waals surface area contributed by atoms with Gasteiger partial charge in [0.25, 0.3) is 0 Å². The molecule has 1 aromatic rings. The van der Waals surface area contributed by atoms with E-state index in [9.17, 15) is 9.13 Å². The Labute approximate surface area is 181 Å². The van der Waals surface area contributed by atoms with Crippen molar-refractivity contribution < 1.29 is 27.2 Å². The van der Waals surface area contributed by atoms with E-state index in [2.05, 4.69) is 16.7 Å². The van der Waals surface area contributed by atoms with Crippen LogP contribution in [0.15, 0.2) is 24.3 Å². The molecule has 0 bridgehead atoms. The third kappa shape index (κ3) is 11.2. The first-order valence-corrected chi connectivity index (χ1v) is 14.1. The molecule has 0 saturated heterocycles. The van der Waals surface area contributed by atoms with Gasteiger partial charge in [-0.25, -0.2) is 0 Å². The molecule has 30 heavy (non-hydrogen) atoms. The highest BCUT2D eigenvalue weighted by Gasteiger charge is 2.23. The van der Waals surface area contributed by atoms with E-state index in [0.29, 0.717) is 64.9 Å². The fourth-order valence-electron chi connectivity index (χ4n) is 2.87. The summed E-state index contributed by atoms with van der Waals surface area (Å²) in [5.41, 5.74) is 2.26. The van der Waals surface area contributed by atoms with Crippen LogP contribution in [-0.4, -0.2) is 51.8 Å². The summed E-state index contributed by atoms with van der Waals surface area (Å²) in [6.07, 6.45) is 0.686. The maximum Gasteiger partial charge on any atom is 0.331 e. The van der Waals surface area contributed by atoms with Crippen molar-refractivity contribution in [3.63, 3.8) is 0 Å². The minimum Gasteiger partial charge on any atom is -0.312 e. The molecule has 1 aromatic carbocycles. The Hall–Kier alpha value is -0.560. The summed E-state index contributed by atoms with van der Waals surface area (Å²) in [4.78, 5) is 0. The second-order valence-electron chi connectivity index (χ2n) is 6.51. The lowest BCUT2D eigenvalue weighted by molar-refractivity contribution is 0.219. The summed E-state index contributed by atoms with van der Waals surface area (Å²) in [7, 11) is -6.02. The molecule has 0 aliphatic heterocycles. The van der Waals surface area contributed by atoms with Crippen LogP contribution in [0, 0.1) is 0 Å². The first-order chi connectivity index (χ1) is 14.4. The monoisotopic (exact) mass is 464 g/mol. The molecule has 0 fully saturated rings. The number of hydrogen-bond donors (Lipinski definition) is 2. The van der Waals surface area contributed by atoms with Gasteiger partial charge in [-0.2, -0.15) is 0 Å². The van der Waals surface area contributed by atoms with Gasteiger partial charge < -0.3 is 28.7 Å². The summed E-state index contributed by atoms with van der Waals surface area (Å²) in [5.74, 6) is 0. The van der Waals surface area contributed by atoms with Crippen molar-refractivity contribution in [2.24, 2.45) is 0 Å². The van der Waals surface area contributed by atoms with Crippen molar-refractivity contribution in [2.45, 2.75) is 40.8 Å². The SMILES string of the molecule is CCOP(=O)(CCNCc1cccc(CNCCP(=O)(OCC)OCC)c1)OCC. The van der Waals surface area contributed by atoms with Crippen molar-refractivity contribution in [3.8, 4) is 0 Å². The van der Waals surface area contributed by atoms with Gasteiger partial charge in [-0.05, 0) is 38.8 Å². The Balaban J connectivity index is 2.40. The highest BCUT2D eigenvalue weighted by atomic mass is 31.2. The van der Waals surface area contributed by atoms with E-state index < -0.39 is 15.2 Å². The van der Waals surface area contributed by atoms with Crippen molar-refractivity contribution >= 4 is 15.2 Å². The minimum atomic E-state index is -3.01. The average Bonchev–Trinajstić information content (AvgIpc) is 2.70. The quantitative estimate of drug-likeness (QED) is 0.244. The third-order valence-corrected chi connectivity index (χ3v) is 8.23. The Morgan fingerprint density at radius 2 is 1.07 bits per heavy atom. The number of rotatable bonds is 18. The third-order valence-electron chi connectivity index (χ3n) is 4.08. The lowest BCUT2D eigenvalue weighted by atomic mass is 10.1. The molecule has 0 radical (unpaired) electrons. The first kappa shape index (κ1) is 27.5. The smallest absolute Gasteiger partial charge is 0.312 e. The van der Waals surface area contributed by atoms with Crippen LogP contribution in [0.4, 0.5) is 0 Å². The number of hydrogen-bond acceptors (Lipinski definition) is 8. The van der Waals surface area contributed by atoms with E-state index in [0.717, 1.165) is 11.1 Å². The van der Waals surface area contributed by atoms with Crippen LogP contribution in [0.5, 0.6) is 0 Å². The van der Waals surface area contributed by atoms with Crippen LogP contribution in [0.3, 0.4) is 0 Å². The van der Waals surface area contributed by atoms with Crippen LogP contribution in [0.25, 0.3) is 0 Å². The van der Waals surface area contributed by atoms with Gasteiger partial charge in [-0.3, -0.25) is 9.13 Å². The predicted octanol–water partition coefficient (Wildman–Crippen LogP) is 4.40. The molecule has 0 atom stereocenters. The molecular weight excluding hydrogens is 426 g/mol. The summed E-state index contributed by atoms with van der Waals surface area (Å²) < 4.78 is 46.1. The van der Waals surface area contributed by atoms with E-state index >= 15 is 0 Å². The second kappa shape index (κ2) is 15.3. The molecule has 0 spiro atoms. The van der Waals surface area contributed by atoms with Gasteiger partial charge in [0.05, 0.1) is 38.8 Å². The number of benzene rings is 1. The van der Waals surface area contributed by atoms with Gasteiger partial charge in [-0.15, -0.1) is 0 Å².